The van der Waals surface area contributed by atoms with Gasteiger partial charge in [0, 0.05) is 23.7 Å². The molecule has 0 aliphatic carbocycles. The molecule has 0 radical (unpaired) electrons. The second kappa shape index (κ2) is 5.09. The maximum absolute atomic E-state index is 13.7. The summed E-state index contributed by atoms with van der Waals surface area (Å²) in [6.45, 7) is 6.36. The molecule has 0 bridgehead atoms. The van der Waals surface area contributed by atoms with E-state index in [0.29, 0.717) is 0 Å². The van der Waals surface area contributed by atoms with Crippen molar-refractivity contribution in [1.29, 1.82) is 0 Å². The number of anilines is 1. The molecule has 0 fully saturated rings. The van der Waals surface area contributed by atoms with E-state index in [9.17, 15) is 4.39 Å². The first-order valence-electron chi connectivity index (χ1n) is 5.96. The minimum Gasteiger partial charge on any atom is -0.371 e. The lowest BCUT2D eigenvalue weighted by atomic mass is 10.1. The van der Waals surface area contributed by atoms with Crippen LogP contribution in [-0.4, -0.2) is 18.8 Å². The van der Waals surface area contributed by atoms with Gasteiger partial charge in [-0.05, 0) is 36.3 Å². The smallest absolute Gasteiger partial charge is 0.137 e. The largest absolute Gasteiger partial charge is 0.371 e. The molecule has 0 spiro atoms. The van der Waals surface area contributed by atoms with Crippen LogP contribution in [0.25, 0.3) is 0 Å². The zero-order chi connectivity index (χ0) is 11.5. The third-order valence-electron chi connectivity index (χ3n) is 2.92. The van der Waals surface area contributed by atoms with Gasteiger partial charge in [-0.1, -0.05) is 13.8 Å². The van der Waals surface area contributed by atoms with Gasteiger partial charge in [0.25, 0.3) is 0 Å². The van der Waals surface area contributed by atoms with Gasteiger partial charge in [0.05, 0.1) is 0 Å². The van der Waals surface area contributed by atoms with Crippen LogP contribution in [0.15, 0.2) is 17.0 Å². The van der Waals surface area contributed by atoms with Crippen LogP contribution in [0.2, 0.25) is 0 Å². The summed E-state index contributed by atoms with van der Waals surface area (Å²) in [6.07, 6.45) is 2.14. The van der Waals surface area contributed by atoms with E-state index < -0.39 is 0 Å². The second-order valence-corrected chi connectivity index (χ2v) is 5.39. The monoisotopic (exact) mass is 239 g/mol. The van der Waals surface area contributed by atoms with Crippen LogP contribution in [0.3, 0.4) is 0 Å². The summed E-state index contributed by atoms with van der Waals surface area (Å²) >= 11 is 1.59. The Morgan fingerprint density at radius 3 is 2.88 bits per heavy atom. The van der Waals surface area contributed by atoms with Crippen molar-refractivity contribution < 1.29 is 4.39 Å². The molecule has 1 aliphatic heterocycles. The maximum Gasteiger partial charge on any atom is 0.137 e. The van der Waals surface area contributed by atoms with Crippen molar-refractivity contribution in [1.82, 2.24) is 0 Å². The highest BCUT2D eigenvalue weighted by molar-refractivity contribution is 7.99. The van der Waals surface area contributed by atoms with Crippen LogP contribution in [-0.2, 0) is 6.42 Å². The number of fused-ring (bicyclic) bond motifs is 1. The molecule has 0 saturated carbocycles. The van der Waals surface area contributed by atoms with Crippen LogP contribution in [0.1, 0.15) is 25.8 Å². The lowest BCUT2D eigenvalue weighted by molar-refractivity contribution is 0.601. The van der Waals surface area contributed by atoms with Crippen molar-refractivity contribution in [3.63, 3.8) is 0 Å². The fourth-order valence-corrected chi connectivity index (χ4v) is 2.93. The van der Waals surface area contributed by atoms with Crippen molar-refractivity contribution in [3.8, 4) is 0 Å². The van der Waals surface area contributed by atoms with Gasteiger partial charge in [0.2, 0.25) is 0 Å². The first kappa shape index (κ1) is 11.8. The molecule has 1 aromatic rings. The number of hydrogen-bond donors (Lipinski definition) is 0. The van der Waals surface area contributed by atoms with E-state index in [4.69, 9.17) is 0 Å². The topological polar surface area (TPSA) is 3.24 Å². The minimum absolute atomic E-state index is 0.0519. The number of rotatable bonds is 4. The molecule has 1 nitrogen and oxygen atoms in total. The van der Waals surface area contributed by atoms with Gasteiger partial charge in [-0.2, -0.15) is 0 Å². The lowest BCUT2D eigenvalue weighted by Gasteiger charge is -2.19. The van der Waals surface area contributed by atoms with Crippen LogP contribution in [0.5, 0.6) is 0 Å². The van der Waals surface area contributed by atoms with Crippen molar-refractivity contribution in [3.05, 3.63) is 23.5 Å². The van der Waals surface area contributed by atoms with Gasteiger partial charge in [-0.15, -0.1) is 11.8 Å². The standard InChI is InChI=1S/C13H18FNS/c1-3-6-15-7-5-10-8-11(14)13(16-4-2)9-12(10)15/h8-9H,3-7H2,1-2H3. The van der Waals surface area contributed by atoms with Gasteiger partial charge in [0.1, 0.15) is 5.82 Å². The average Bonchev–Trinajstić information content (AvgIpc) is 2.63. The molecule has 2 rings (SSSR count). The molecule has 0 saturated heterocycles. The van der Waals surface area contributed by atoms with Crippen LogP contribution < -0.4 is 4.90 Å². The molecule has 1 aromatic carbocycles. The highest BCUT2D eigenvalue weighted by atomic mass is 32.2. The first-order valence-corrected chi connectivity index (χ1v) is 6.95. The predicted molar refractivity (Wildman–Crippen MR) is 69.0 cm³/mol. The molecular weight excluding hydrogens is 221 g/mol. The van der Waals surface area contributed by atoms with Crippen LogP contribution in [0.4, 0.5) is 10.1 Å². The second-order valence-electron chi connectivity index (χ2n) is 4.08. The van der Waals surface area contributed by atoms with E-state index in [1.165, 1.54) is 11.3 Å². The normalized spacial score (nSPS) is 14.3. The third-order valence-corrected chi connectivity index (χ3v) is 3.83. The Morgan fingerprint density at radius 1 is 1.38 bits per heavy atom. The van der Waals surface area contributed by atoms with Crippen LogP contribution in [0, 0.1) is 5.82 Å². The van der Waals surface area contributed by atoms with Gasteiger partial charge in [-0.25, -0.2) is 4.39 Å². The molecule has 16 heavy (non-hydrogen) atoms. The fourth-order valence-electron chi connectivity index (χ4n) is 2.22. The third kappa shape index (κ3) is 2.19. The van der Waals surface area contributed by atoms with E-state index >= 15 is 0 Å². The summed E-state index contributed by atoms with van der Waals surface area (Å²) in [5.41, 5.74) is 2.42. The van der Waals surface area contributed by atoms with Crippen molar-refractivity contribution in [2.24, 2.45) is 0 Å². The molecule has 0 unspecified atom stereocenters. The summed E-state index contributed by atoms with van der Waals surface area (Å²) in [6, 6.07) is 3.75. The first-order chi connectivity index (χ1) is 7.76. The van der Waals surface area contributed by atoms with Gasteiger partial charge in [0.15, 0.2) is 0 Å². The summed E-state index contributed by atoms with van der Waals surface area (Å²) in [5, 5.41) is 0. The summed E-state index contributed by atoms with van der Waals surface area (Å²) < 4.78 is 13.7. The van der Waals surface area contributed by atoms with Crippen molar-refractivity contribution in [2.75, 3.05) is 23.7 Å². The number of halogens is 1. The zero-order valence-corrected chi connectivity index (χ0v) is 10.7. The highest BCUT2D eigenvalue weighted by Crippen LogP contribution is 2.34. The Morgan fingerprint density at radius 2 is 2.19 bits per heavy atom. The Hall–Kier alpha value is -0.700. The van der Waals surface area contributed by atoms with E-state index in [0.717, 1.165) is 36.6 Å². The molecule has 88 valence electrons. The molecule has 0 amide bonds. The Balaban J connectivity index is 2.30. The molecule has 3 heteroatoms. The molecule has 0 N–H and O–H groups in total. The minimum atomic E-state index is -0.0519. The molecule has 1 heterocycles. The van der Waals surface area contributed by atoms with E-state index in [-0.39, 0.29) is 5.82 Å². The van der Waals surface area contributed by atoms with Gasteiger partial charge < -0.3 is 4.90 Å². The molecule has 1 aliphatic rings. The molecule has 0 atom stereocenters. The summed E-state index contributed by atoms with van der Waals surface area (Å²) in [7, 11) is 0. The number of benzene rings is 1. The van der Waals surface area contributed by atoms with E-state index in [1.807, 2.05) is 6.07 Å². The average molecular weight is 239 g/mol. The Kier molecular flexibility index (Phi) is 3.74. The number of hydrogen-bond acceptors (Lipinski definition) is 2. The van der Waals surface area contributed by atoms with Gasteiger partial charge >= 0.3 is 0 Å². The van der Waals surface area contributed by atoms with Crippen molar-refractivity contribution >= 4 is 17.4 Å². The quantitative estimate of drug-likeness (QED) is 0.737. The van der Waals surface area contributed by atoms with Gasteiger partial charge in [-0.3, -0.25) is 0 Å². The predicted octanol–water partition coefficient (Wildman–Crippen LogP) is 3.71. The van der Waals surface area contributed by atoms with Crippen LogP contribution >= 0.6 is 11.8 Å². The molecular formula is C13H18FNS. The number of nitrogens with zero attached hydrogens (tertiary/aromatic N) is 1. The lowest BCUT2D eigenvalue weighted by Crippen LogP contribution is -2.20. The summed E-state index contributed by atoms with van der Waals surface area (Å²) in [4.78, 5) is 3.17. The summed E-state index contributed by atoms with van der Waals surface area (Å²) in [5.74, 6) is 0.868. The number of thioether (sulfide) groups is 1. The highest BCUT2D eigenvalue weighted by Gasteiger charge is 2.20. The van der Waals surface area contributed by atoms with E-state index in [1.54, 1.807) is 17.8 Å². The Bertz CT molecular complexity index is 378. The van der Waals surface area contributed by atoms with E-state index in [2.05, 4.69) is 18.7 Å². The Labute approximate surface area is 101 Å². The SMILES string of the molecule is CCCN1CCc2cc(F)c(SCC)cc21. The van der Waals surface area contributed by atoms with Crippen molar-refractivity contribution in [2.45, 2.75) is 31.6 Å². The zero-order valence-electron chi connectivity index (χ0n) is 9.92. The maximum atomic E-state index is 13.7. The fraction of sp³-hybridized carbons (Fsp3) is 0.538. The molecule has 0 aromatic heterocycles.